The first kappa shape index (κ1) is 17.2. The molecule has 5 nitrogen and oxygen atoms in total. The second kappa shape index (κ2) is 7.21. The predicted octanol–water partition coefficient (Wildman–Crippen LogP) is 2.82. The van der Waals surface area contributed by atoms with Gasteiger partial charge in [-0.05, 0) is 37.1 Å². The van der Waals surface area contributed by atoms with Crippen LogP contribution in [-0.2, 0) is 0 Å². The average molecular weight is 302 g/mol. The normalized spacial score (nSPS) is 13.9. The number of halogens is 2. The number of amides is 2. The molecule has 0 radical (unpaired) electrons. The van der Waals surface area contributed by atoms with Crippen molar-refractivity contribution in [2.45, 2.75) is 33.0 Å². The Labute approximate surface area is 122 Å². The number of anilines is 1. The number of hydrogen-bond donors (Lipinski definition) is 3. The number of aliphatic hydroxyl groups is 1. The van der Waals surface area contributed by atoms with Gasteiger partial charge in [0, 0.05) is 12.2 Å². The van der Waals surface area contributed by atoms with Crippen LogP contribution in [0.2, 0.25) is 0 Å². The molecule has 0 fully saturated rings. The Morgan fingerprint density at radius 1 is 1.33 bits per heavy atom. The minimum atomic E-state index is -2.88. The Bertz CT molecular complexity index is 462. The van der Waals surface area contributed by atoms with Gasteiger partial charge in [0.2, 0.25) is 0 Å². The molecule has 1 rings (SSSR count). The molecular weight excluding hydrogens is 282 g/mol. The molecule has 0 saturated carbocycles. The van der Waals surface area contributed by atoms with Gasteiger partial charge in [0.05, 0.1) is 5.60 Å². The van der Waals surface area contributed by atoms with Crippen molar-refractivity contribution in [1.82, 2.24) is 5.32 Å². The summed E-state index contributed by atoms with van der Waals surface area (Å²) >= 11 is 0. The highest BCUT2D eigenvalue weighted by atomic mass is 19.3. The quantitative estimate of drug-likeness (QED) is 0.756. The van der Waals surface area contributed by atoms with E-state index in [1.165, 1.54) is 24.3 Å². The average Bonchev–Trinajstić information content (AvgIpc) is 2.38. The molecule has 0 spiro atoms. The van der Waals surface area contributed by atoms with Crippen LogP contribution < -0.4 is 15.4 Å². The van der Waals surface area contributed by atoms with E-state index < -0.39 is 18.2 Å². The van der Waals surface area contributed by atoms with E-state index in [1.807, 2.05) is 13.8 Å². The van der Waals surface area contributed by atoms with Crippen LogP contribution in [0.25, 0.3) is 0 Å². The Hall–Kier alpha value is -1.89. The number of urea groups is 1. The predicted molar refractivity (Wildman–Crippen MR) is 75.6 cm³/mol. The molecule has 21 heavy (non-hydrogen) atoms. The summed E-state index contributed by atoms with van der Waals surface area (Å²) in [4.78, 5) is 11.7. The molecule has 0 saturated heterocycles. The van der Waals surface area contributed by atoms with Crippen molar-refractivity contribution in [3.8, 4) is 5.75 Å². The first-order valence-electron chi connectivity index (χ1n) is 6.53. The summed E-state index contributed by atoms with van der Waals surface area (Å²) in [5.74, 6) is 0.00211. The van der Waals surface area contributed by atoms with Crippen LogP contribution in [0.3, 0.4) is 0 Å². The van der Waals surface area contributed by atoms with Gasteiger partial charge in [-0.3, -0.25) is 0 Å². The lowest BCUT2D eigenvalue weighted by Crippen LogP contribution is -2.45. The van der Waals surface area contributed by atoms with E-state index in [9.17, 15) is 18.7 Å². The lowest BCUT2D eigenvalue weighted by Gasteiger charge is -2.27. The zero-order chi connectivity index (χ0) is 16.0. The Morgan fingerprint density at radius 2 is 1.90 bits per heavy atom. The van der Waals surface area contributed by atoms with Crippen molar-refractivity contribution < 1.29 is 23.4 Å². The van der Waals surface area contributed by atoms with E-state index in [2.05, 4.69) is 15.4 Å². The molecule has 7 heteroatoms. The second-order valence-corrected chi connectivity index (χ2v) is 5.22. The van der Waals surface area contributed by atoms with Gasteiger partial charge in [-0.25, -0.2) is 4.79 Å². The standard InChI is InChI=1S/C14H20F2N2O3/c1-9(2)14(3,20)8-17-13(19)18-10-4-6-11(7-5-10)21-12(15)16/h4-7,9,12,20H,8H2,1-3H3,(H2,17,18,19). The maximum atomic E-state index is 12.0. The minimum absolute atomic E-state index is 0.0106. The fourth-order valence-electron chi connectivity index (χ4n) is 1.36. The summed E-state index contributed by atoms with van der Waals surface area (Å²) in [5.41, 5.74) is -0.579. The third kappa shape index (κ3) is 5.95. The smallest absolute Gasteiger partial charge is 0.387 e. The van der Waals surface area contributed by atoms with Crippen LogP contribution in [0.15, 0.2) is 24.3 Å². The number of carbonyl (C=O) groups is 1. The molecule has 0 heterocycles. The highest BCUT2D eigenvalue weighted by molar-refractivity contribution is 5.89. The van der Waals surface area contributed by atoms with E-state index in [0.717, 1.165) is 0 Å². The highest BCUT2D eigenvalue weighted by Gasteiger charge is 2.25. The van der Waals surface area contributed by atoms with Gasteiger partial charge >= 0.3 is 12.6 Å². The summed E-state index contributed by atoms with van der Waals surface area (Å²) in [6.07, 6.45) is 0. The number of hydrogen-bond acceptors (Lipinski definition) is 3. The molecule has 1 aromatic carbocycles. The molecule has 1 aromatic rings. The molecule has 0 bridgehead atoms. The van der Waals surface area contributed by atoms with Gasteiger partial charge in [0.15, 0.2) is 0 Å². The molecule has 2 amide bonds. The van der Waals surface area contributed by atoms with Gasteiger partial charge in [0.1, 0.15) is 5.75 Å². The summed E-state index contributed by atoms with van der Waals surface area (Å²) in [5, 5.41) is 15.1. The van der Waals surface area contributed by atoms with Crippen LogP contribution in [0.1, 0.15) is 20.8 Å². The molecule has 0 aliphatic carbocycles. The number of nitrogens with one attached hydrogen (secondary N) is 2. The largest absolute Gasteiger partial charge is 0.435 e. The summed E-state index contributed by atoms with van der Waals surface area (Å²) in [7, 11) is 0. The maximum absolute atomic E-state index is 12.0. The van der Waals surface area contributed by atoms with Crippen molar-refractivity contribution in [2.24, 2.45) is 5.92 Å². The van der Waals surface area contributed by atoms with Crippen LogP contribution in [0.5, 0.6) is 5.75 Å². The van der Waals surface area contributed by atoms with Gasteiger partial charge in [-0.2, -0.15) is 8.78 Å². The summed E-state index contributed by atoms with van der Waals surface area (Å²) in [6, 6.07) is 5.05. The van der Waals surface area contributed by atoms with Crippen molar-refractivity contribution >= 4 is 11.7 Å². The van der Waals surface area contributed by atoms with Gasteiger partial charge in [-0.1, -0.05) is 13.8 Å². The Morgan fingerprint density at radius 3 is 2.38 bits per heavy atom. The monoisotopic (exact) mass is 302 g/mol. The fraction of sp³-hybridized carbons (Fsp3) is 0.500. The molecule has 0 aliphatic rings. The van der Waals surface area contributed by atoms with E-state index in [1.54, 1.807) is 6.92 Å². The molecule has 0 aliphatic heterocycles. The Kier molecular flexibility index (Phi) is 5.90. The molecular formula is C14H20F2N2O3. The Balaban J connectivity index is 2.48. The SMILES string of the molecule is CC(C)C(C)(O)CNC(=O)Nc1ccc(OC(F)F)cc1. The fourth-order valence-corrected chi connectivity index (χ4v) is 1.36. The minimum Gasteiger partial charge on any atom is -0.435 e. The molecule has 0 aromatic heterocycles. The first-order valence-corrected chi connectivity index (χ1v) is 6.53. The molecule has 118 valence electrons. The van der Waals surface area contributed by atoms with Crippen LogP contribution in [-0.4, -0.2) is 29.9 Å². The lowest BCUT2D eigenvalue weighted by atomic mass is 9.93. The lowest BCUT2D eigenvalue weighted by molar-refractivity contribution is -0.0498. The van der Waals surface area contributed by atoms with E-state index >= 15 is 0 Å². The second-order valence-electron chi connectivity index (χ2n) is 5.22. The van der Waals surface area contributed by atoms with E-state index in [4.69, 9.17) is 0 Å². The number of carbonyl (C=O) groups excluding carboxylic acids is 1. The topological polar surface area (TPSA) is 70.6 Å². The van der Waals surface area contributed by atoms with Crippen molar-refractivity contribution in [3.63, 3.8) is 0 Å². The zero-order valence-electron chi connectivity index (χ0n) is 12.2. The summed E-state index contributed by atoms with van der Waals surface area (Å²) < 4.78 is 28.2. The third-order valence-corrected chi connectivity index (χ3v) is 3.19. The third-order valence-electron chi connectivity index (χ3n) is 3.19. The van der Waals surface area contributed by atoms with E-state index in [-0.39, 0.29) is 18.2 Å². The highest BCUT2D eigenvalue weighted by Crippen LogP contribution is 2.18. The number of alkyl halides is 2. The zero-order valence-corrected chi connectivity index (χ0v) is 12.2. The van der Waals surface area contributed by atoms with Gasteiger partial charge < -0.3 is 20.5 Å². The van der Waals surface area contributed by atoms with Crippen molar-refractivity contribution in [1.29, 1.82) is 0 Å². The number of ether oxygens (including phenoxy) is 1. The number of benzene rings is 1. The van der Waals surface area contributed by atoms with E-state index in [0.29, 0.717) is 5.69 Å². The van der Waals surface area contributed by atoms with Crippen molar-refractivity contribution in [3.05, 3.63) is 24.3 Å². The molecule has 1 atom stereocenters. The van der Waals surface area contributed by atoms with Crippen LogP contribution >= 0.6 is 0 Å². The van der Waals surface area contributed by atoms with Gasteiger partial charge in [0.25, 0.3) is 0 Å². The number of rotatable bonds is 6. The van der Waals surface area contributed by atoms with Crippen LogP contribution in [0, 0.1) is 5.92 Å². The first-order chi connectivity index (χ1) is 9.70. The van der Waals surface area contributed by atoms with Gasteiger partial charge in [-0.15, -0.1) is 0 Å². The maximum Gasteiger partial charge on any atom is 0.387 e. The van der Waals surface area contributed by atoms with Crippen molar-refractivity contribution in [2.75, 3.05) is 11.9 Å². The molecule has 3 N–H and O–H groups in total. The molecule has 1 unspecified atom stereocenters. The summed E-state index contributed by atoms with van der Waals surface area (Å²) in [6.45, 7) is 2.55. The van der Waals surface area contributed by atoms with Crippen LogP contribution in [0.4, 0.5) is 19.3 Å².